The van der Waals surface area contributed by atoms with Crippen LogP contribution in [0.1, 0.15) is 82.9 Å². The van der Waals surface area contributed by atoms with Crippen LogP contribution in [0, 0.1) is 0 Å². The number of rotatable bonds is 10. The van der Waals surface area contributed by atoms with Crippen molar-refractivity contribution in [2.24, 2.45) is 10.7 Å². The molecule has 1 aromatic rings. The number of unbranched alkanes of at least 4 members (excludes halogenated alkanes) is 5. The minimum atomic E-state index is 0. The van der Waals surface area contributed by atoms with E-state index in [0.29, 0.717) is 18.5 Å². The van der Waals surface area contributed by atoms with Gasteiger partial charge >= 0.3 is 0 Å². The zero-order valence-corrected chi connectivity index (χ0v) is 17.4. The molecule has 0 saturated heterocycles. The van der Waals surface area contributed by atoms with Crippen molar-refractivity contribution in [1.82, 2.24) is 15.1 Å². The summed E-state index contributed by atoms with van der Waals surface area (Å²) in [6.45, 7) is 3.72. The molecule has 3 N–H and O–H groups in total. The van der Waals surface area contributed by atoms with Crippen LogP contribution < -0.4 is 11.1 Å². The molecule has 1 heterocycles. The second-order valence-corrected chi connectivity index (χ2v) is 6.62. The molecular formula is C18H34IN5. The maximum Gasteiger partial charge on any atom is 0.188 e. The van der Waals surface area contributed by atoms with Crippen molar-refractivity contribution in [2.75, 3.05) is 6.54 Å². The van der Waals surface area contributed by atoms with Crippen molar-refractivity contribution >= 4 is 29.9 Å². The molecular weight excluding hydrogens is 413 g/mol. The van der Waals surface area contributed by atoms with E-state index < -0.39 is 0 Å². The molecule has 0 bridgehead atoms. The molecule has 24 heavy (non-hydrogen) atoms. The lowest BCUT2D eigenvalue weighted by molar-refractivity contribution is 0.463. The Bertz CT molecular complexity index is 466. The fourth-order valence-electron chi connectivity index (χ4n) is 3.18. The SMILES string of the molecule is CCCCCCCCNC(N)=NCc1ccn(C2CCCC2)n1.I. The van der Waals surface area contributed by atoms with E-state index in [2.05, 4.69) is 39.3 Å². The van der Waals surface area contributed by atoms with Crippen molar-refractivity contribution in [3.63, 3.8) is 0 Å². The first kappa shape index (κ1) is 21.3. The number of aromatic nitrogens is 2. The fraction of sp³-hybridized carbons (Fsp3) is 0.778. The van der Waals surface area contributed by atoms with E-state index in [1.54, 1.807) is 0 Å². The minimum absolute atomic E-state index is 0. The predicted molar refractivity (Wildman–Crippen MR) is 112 cm³/mol. The van der Waals surface area contributed by atoms with Gasteiger partial charge in [-0.15, -0.1) is 24.0 Å². The molecule has 0 radical (unpaired) electrons. The molecule has 1 aromatic heterocycles. The molecule has 0 aromatic carbocycles. The molecule has 2 rings (SSSR count). The Kier molecular flexibility index (Phi) is 11.1. The number of aliphatic imine (C=N–C) groups is 1. The molecule has 0 amide bonds. The lowest BCUT2D eigenvalue weighted by Gasteiger charge is -2.08. The van der Waals surface area contributed by atoms with Crippen LogP contribution in [0.4, 0.5) is 0 Å². The van der Waals surface area contributed by atoms with Gasteiger partial charge in [0, 0.05) is 12.7 Å². The first-order chi connectivity index (χ1) is 11.3. The van der Waals surface area contributed by atoms with Crippen molar-refractivity contribution in [1.29, 1.82) is 0 Å². The Hall–Kier alpha value is -0.790. The lowest BCUT2D eigenvalue weighted by Crippen LogP contribution is -2.32. The minimum Gasteiger partial charge on any atom is -0.370 e. The second kappa shape index (κ2) is 12.6. The average molecular weight is 447 g/mol. The molecule has 1 fully saturated rings. The van der Waals surface area contributed by atoms with Crippen LogP contribution in [0.3, 0.4) is 0 Å². The highest BCUT2D eigenvalue weighted by molar-refractivity contribution is 14.0. The number of nitrogens with two attached hydrogens (primary N) is 1. The van der Waals surface area contributed by atoms with Crippen molar-refractivity contribution in [3.8, 4) is 0 Å². The van der Waals surface area contributed by atoms with E-state index in [9.17, 15) is 0 Å². The van der Waals surface area contributed by atoms with Crippen molar-refractivity contribution < 1.29 is 0 Å². The van der Waals surface area contributed by atoms with E-state index in [1.165, 1.54) is 57.8 Å². The third-order valence-corrected chi connectivity index (χ3v) is 4.61. The first-order valence-electron chi connectivity index (χ1n) is 9.37. The Balaban J connectivity index is 0.00000288. The van der Waals surface area contributed by atoms with Crippen LogP contribution in [0.5, 0.6) is 0 Å². The van der Waals surface area contributed by atoms with Gasteiger partial charge in [-0.2, -0.15) is 5.10 Å². The highest BCUT2D eigenvalue weighted by atomic mass is 127. The van der Waals surface area contributed by atoms with Gasteiger partial charge in [0.1, 0.15) is 0 Å². The standard InChI is InChI=1S/C18H33N5.HI/c1-2-3-4-5-6-9-13-20-18(19)21-15-16-12-14-23(22-16)17-10-7-8-11-17;/h12,14,17H,2-11,13,15H2,1H3,(H3,19,20,21);1H. The summed E-state index contributed by atoms with van der Waals surface area (Å²) in [4.78, 5) is 4.39. The van der Waals surface area contributed by atoms with Gasteiger partial charge in [-0.05, 0) is 25.3 Å². The summed E-state index contributed by atoms with van der Waals surface area (Å²) in [6, 6.07) is 2.65. The van der Waals surface area contributed by atoms with E-state index >= 15 is 0 Å². The number of guanidine groups is 1. The van der Waals surface area contributed by atoms with Crippen molar-refractivity contribution in [2.45, 2.75) is 83.7 Å². The lowest BCUT2D eigenvalue weighted by atomic mass is 10.1. The molecule has 0 unspecified atom stereocenters. The number of halogens is 1. The van der Waals surface area contributed by atoms with Gasteiger partial charge in [0.15, 0.2) is 5.96 Å². The van der Waals surface area contributed by atoms with Gasteiger partial charge in [0.25, 0.3) is 0 Å². The number of hydrogen-bond acceptors (Lipinski definition) is 2. The Morgan fingerprint density at radius 3 is 2.71 bits per heavy atom. The average Bonchev–Trinajstić information content (AvgIpc) is 3.23. The first-order valence-corrected chi connectivity index (χ1v) is 9.37. The summed E-state index contributed by atoms with van der Waals surface area (Å²) in [6.07, 6.45) is 15.0. The second-order valence-electron chi connectivity index (χ2n) is 6.62. The summed E-state index contributed by atoms with van der Waals surface area (Å²) in [5, 5.41) is 7.83. The van der Waals surface area contributed by atoms with Crippen LogP contribution in [0.15, 0.2) is 17.3 Å². The molecule has 0 atom stereocenters. The molecule has 5 nitrogen and oxygen atoms in total. The number of nitrogens with one attached hydrogen (secondary N) is 1. The van der Waals surface area contributed by atoms with Gasteiger partial charge < -0.3 is 11.1 Å². The van der Waals surface area contributed by atoms with Crippen LogP contribution in [-0.4, -0.2) is 22.3 Å². The van der Waals surface area contributed by atoms with Crippen LogP contribution >= 0.6 is 24.0 Å². The monoisotopic (exact) mass is 447 g/mol. The van der Waals surface area contributed by atoms with Crippen molar-refractivity contribution in [3.05, 3.63) is 18.0 Å². The summed E-state index contributed by atoms with van der Waals surface area (Å²) >= 11 is 0. The Labute approximate surface area is 163 Å². The predicted octanol–water partition coefficient (Wildman–Crippen LogP) is 4.38. The number of hydrogen-bond donors (Lipinski definition) is 2. The van der Waals surface area contributed by atoms with E-state index in [4.69, 9.17) is 5.73 Å². The summed E-state index contributed by atoms with van der Waals surface area (Å²) in [5.41, 5.74) is 6.92. The molecule has 6 heteroatoms. The van der Waals surface area contributed by atoms with Crippen LogP contribution in [-0.2, 0) is 6.54 Å². The maximum atomic E-state index is 5.92. The highest BCUT2D eigenvalue weighted by Crippen LogP contribution is 2.28. The zero-order chi connectivity index (χ0) is 16.3. The normalized spacial score (nSPS) is 15.5. The molecule has 0 spiro atoms. The maximum absolute atomic E-state index is 5.92. The van der Waals surface area contributed by atoms with Gasteiger partial charge in [-0.25, -0.2) is 4.99 Å². The van der Waals surface area contributed by atoms with Gasteiger partial charge in [0.2, 0.25) is 0 Å². The smallest absolute Gasteiger partial charge is 0.188 e. The summed E-state index contributed by atoms with van der Waals surface area (Å²) in [7, 11) is 0. The molecule has 1 saturated carbocycles. The summed E-state index contributed by atoms with van der Waals surface area (Å²) < 4.78 is 2.11. The van der Waals surface area contributed by atoms with E-state index in [0.717, 1.165) is 18.7 Å². The van der Waals surface area contributed by atoms with Gasteiger partial charge in [-0.3, -0.25) is 4.68 Å². The van der Waals surface area contributed by atoms with Gasteiger partial charge in [-0.1, -0.05) is 51.9 Å². The summed E-state index contributed by atoms with van der Waals surface area (Å²) in [5.74, 6) is 0.536. The zero-order valence-electron chi connectivity index (χ0n) is 15.0. The van der Waals surface area contributed by atoms with Crippen LogP contribution in [0.2, 0.25) is 0 Å². The molecule has 138 valence electrons. The third-order valence-electron chi connectivity index (χ3n) is 4.61. The third kappa shape index (κ3) is 7.85. The quantitative estimate of drug-likeness (QED) is 0.242. The molecule has 0 aliphatic heterocycles. The largest absolute Gasteiger partial charge is 0.370 e. The van der Waals surface area contributed by atoms with E-state index in [1.807, 2.05) is 0 Å². The van der Waals surface area contributed by atoms with E-state index in [-0.39, 0.29) is 24.0 Å². The molecule has 1 aliphatic rings. The van der Waals surface area contributed by atoms with Gasteiger partial charge in [0.05, 0.1) is 18.3 Å². The highest BCUT2D eigenvalue weighted by Gasteiger charge is 2.17. The topological polar surface area (TPSA) is 68.2 Å². The molecule has 1 aliphatic carbocycles. The Morgan fingerprint density at radius 2 is 1.96 bits per heavy atom. The fourth-order valence-corrected chi connectivity index (χ4v) is 3.18. The Morgan fingerprint density at radius 1 is 1.25 bits per heavy atom. The van der Waals surface area contributed by atoms with Crippen LogP contribution in [0.25, 0.3) is 0 Å². The number of nitrogens with zero attached hydrogens (tertiary/aromatic N) is 3.